The van der Waals surface area contributed by atoms with E-state index in [1.165, 1.54) is 0 Å². The Morgan fingerprint density at radius 3 is 2.56 bits per heavy atom. The molecule has 16 heavy (non-hydrogen) atoms. The molecular formula is C13H21NO2. The average molecular weight is 223 g/mol. The molecule has 1 aromatic carbocycles. The fraction of sp³-hybridized carbons (Fsp3) is 0.538. The lowest BCUT2D eigenvalue weighted by Crippen LogP contribution is -2.15. The van der Waals surface area contributed by atoms with Crippen molar-refractivity contribution in [2.75, 3.05) is 0 Å². The van der Waals surface area contributed by atoms with Crippen LogP contribution in [-0.4, -0.2) is 17.3 Å². The summed E-state index contributed by atoms with van der Waals surface area (Å²) in [6.45, 7) is 5.87. The first-order chi connectivity index (χ1) is 7.49. The van der Waals surface area contributed by atoms with Gasteiger partial charge in [0, 0.05) is 6.04 Å². The highest BCUT2D eigenvalue weighted by atomic mass is 16.5. The van der Waals surface area contributed by atoms with Crippen LogP contribution in [0.15, 0.2) is 18.2 Å². The molecule has 3 heteroatoms. The summed E-state index contributed by atoms with van der Waals surface area (Å²) in [7, 11) is 0. The van der Waals surface area contributed by atoms with Crippen LogP contribution in [0.1, 0.15) is 32.8 Å². The summed E-state index contributed by atoms with van der Waals surface area (Å²) in [5.74, 6) is 0.746. The van der Waals surface area contributed by atoms with Gasteiger partial charge in [0.25, 0.3) is 0 Å². The lowest BCUT2D eigenvalue weighted by Gasteiger charge is -2.13. The quantitative estimate of drug-likeness (QED) is 0.806. The summed E-state index contributed by atoms with van der Waals surface area (Å²) in [6, 6.07) is 5.67. The van der Waals surface area contributed by atoms with Gasteiger partial charge in [0.2, 0.25) is 0 Å². The van der Waals surface area contributed by atoms with Gasteiger partial charge in [-0.15, -0.1) is 0 Å². The molecule has 0 heterocycles. The summed E-state index contributed by atoms with van der Waals surface area (Å²) < 4.78 is 5.51. The van der Waals surface area contributed by atoms with Crippen molar-refractivity contribution in [1.29, 1.82) is 0 Å². The van der Waals surface area contributed by atoms with Gasteiger partial charge in [-0.2, -0.15) is 0 Å². The number of aryl methyl sites for hydroxylation is 1. The van der Waals surface area contributed by atoms with E-state index in [4.69, 9.17) is 10.5 Å². The number of phenolic OH excluding ortho intramolecular Hbond substituents is 1. The van der Waals surface area contributed by atoms with Crippen molar-refractivity contribution in [3.05, 3.63) is 23.8 Å². The molecule has 0 aliphatic carbocycles. The second kappa shape index (κ2) is 5.75. The van der Waals surface area contributed by atoms with Crippen LogP contribution in [-0.2, 0) is 6.42 Å². The number of ether oxygens (including phenoxy) is 1. The molecular weight excluding hydrogens is 202 g/mol. The number of hydrogen-bond acceptors (Lipinski definition) is 3. The van der Waals surface area contributed by atoms with Crippen LogP contribution in [0.4, 0.5) is 0 Å². The Bertz CT molecular complexity index is 335. The zero-order chi connectivity index (χ0) is 12.1. The minimum atomic E-state index is 0.0644. The van der Waals surface area contributed by atoms with Crippen LogP contribution in [0, 0.1) is 0 Å². The zero-order valence-electron chi connectivity index (χ0n) is 10.2. The van der Waals surface area contributed by atoms with Crippen LogP contribution in [0.5, 0.6) is 11.5 Å². The Morgan fingerprint density at radius 1 is 1.31 bits per heavy atom. The Labute approximate surface area is 97.2 Å². The molecule has 90 valence electrons. The van der Waals surface area contributed by atoms with Crippen molar-refractivity contribution in [3.63, 3.8) is 0 Å². The molecule has 3 N–H and O–H groups in total. The van der Waals surface area contributed by atoms with Crippen molar-refractivity contribution in [2.24, 2.45) is 5.73 Å². The fourth-order valence-electron chi connectivity index (χ4n) is 1.46. The third kappa shape index (κ3) is 4.11. The summed E-state index contributed by atoms with van der Waals surface area (Å²) in [4.78, 5) is 0. The highest BCUT2D eigenvalue weighted by Gasteiger charge is 2.06. The Balaban J connectivity index is 2.73. The van der Waals surface area contributed by atoms with Crippen molar-refractivity contribution < 1.29 is 9.84 Å². The molecule has 0 saturated heterocycles. The van der Waals surface area contributed by atoms with Crippen molar-refractivity contribution in [1.82, 2.24) is 0 Å². The molecule has 0 aliphatic heterocycles. The minimum Gasteiger partial charge on any atom is -0.504 e. The molecule has 0 radical (unpaired) electrons. The van der Waals surface area contributed by atoms with Crippen LogP contribution in [0.25, 0.3) is 0 Å². The molecule has 1 unspecified atom stereocenters. The Hall–Kier alpha value is -1.22. The smallest absolute Gasteiger partial charge is 0.161 e. The maximum atomic E-state index is 9.61. The number of hydrogen-bond donors (Lipinski definition) is 2. The second-order valence-corrected chi connectivity index (χ2v) is 4.48. The van der Waals surface area contributed by atoms with Gasteiger partial charge in [-0.1, -0.05) is 6.07 Å². The number of aromatic hydroxyl groups is 1. The first-order valence-electron chi connectivity index (χ1n) is 5.73. The van der Waals surface area contributed by atoms with E-state index in [0.717, 1.165) is 18.4 Å². The average Bonchev–Trinajstić information content (AvgIpc) is 2.18. The normalized spacial score (nSPS) is 12.8. The van der Waals surface area contributed by atoms with E-state index < -0.39 is 0 Å². The van der Waals surface area contributed by atoms with Gasteiger partial charge in [-0.3, -0.25) is 0 Å². The van der Waals surface area contributed by atoms with E-state index in [1.54, 1.807) is 6.07 Å². The molecule has 0 saturated carbocycles. The fourth-order valence-corrected chi connectivity index (χ4v) is 1.46. The number of nitrogens with two attached hydrogens (primary N) is 1. The van der Waals surface area contributed by atoms with Gasteiger partial charge in [0.15, 0.2) is 11.5 Å². The maximum absolute atomic E-state index is 9.61. The van der Waals surface area contributed by atoms with Crippen LogP contribution < -0.4 is 10.5 Å². The molecule has 0 bridgehead atoms. The Kier molecular flexibility index (Phi) is 4.62. The molecule has 1 aromatic rings. The monoisotopic (exact) mass is 223 g/mol. The Morgan fingerprint density at radius 2 is 2.00 bits per heavy atom. The van der Waals surface area contributed by atoms with Crippen molar-refractivity contribution in [2.45, 2.75) is 45.8 Å². The summed E-state index contributed by atoms with van der Waals surface area (Å²) in [5, 5.41) is 9.61. The molecule has 0 spiro atoms. The largest absolute Gasteiger partial charge is 0.504 e. The summed E-state index contributed by atoms with van der Waals surface area (Å²) in [6.07, 6.45) is 1.91. The van der Waals surface area contributed by atoms with E-state index in [1.807, 2.05) is 32.9 Å². The van der Waals surface area contributed by atoms with Gasteiger partial charge in [-0.25, -0.2) is 0 Å². The maximum Gasteiger partial charge on any atom is 0.161 e. The predicted molar refractivity (Wildman–Crippen MR) is 65.8 cm³/mol. The number of phenols is 1. The first-order valence-corrected chi connectivity index (χ1v) is 5.73. The summed E-state index contributed by atoms with van der Waals surface area (Å²) in [5.41, 5.74) is 6.85. The standard InChI is InChI=1S/C13H21NO2/c1-9(2)16-13-8-11(5-4-10(3)14)6-7-12(13)15/h6-10,15H,4-5,14H2,1-3H3. The van der Waals surface area contributed by atoms with Gasteiger partial charge >= 0.3 is 0 Å². The summed E-state index contributed by atoms with van der Waals surface area (Å²) >= 11 is 0. The van der Waals surface area contributed by atoms with Gasteiger partial charge in [0.1, 0.15) is 0 Å². The van der Waals surface area contributed by atoms with E-state index in [2.05, 4.69) is 0 Å². The predicted octanol–water partition coefficient (Wildman–Crippen LogP) is 2.46. The van der Waals surface area contributed by atoms with Crippen LogP contribution >= 0.6 is 0 Å². The van der Waals surface area contributed by atoms with Gasteiger partial charge < -0.3 is 15.6 Å². The van der Waals surface area contributed by atoms with E-state index in [0.29, 0.717) is 5.75 Å². The SMILES string of the molecule is CC(N)CCc1ccc(O)c(OC(C)C)c1. The second-order valence-electron chi connectivity index (χ2n) is 4.48. The van der Waals surface area contributed by atoms with Crippen LogP contribution in [0.2, 0.25) is 0 Å². The molecule has 0 fully saturated rings. The molecule has 1 atom stereocenters. The highest BCUT2D eigenvalue weighted by Crippen LogP contribution is 2.28. The van der Waals surface area contributed by atoms with E-state index in [9.17, 15) is 5.11 Å². The van der Waals surface area contributed by atoms with Crippen LogP contribution in [0.3, 0.4) is 0 Å². The van der Waals surface area contributed by atoms with Crippen molar-refractivity contribution >= 4 is 0 Å². The molecule has 3 nitrogen and oxygen atoms in total. The lowest BCUT2D eigenvalue weighted by molar-refractivity contribution is 0.231. The molecule has 0 aromatic heterocycles. The highest BCUT2D eigenvalue weighted by molar-refractivity contribution is 5.42. The van der Waals surface area contributed by atoms with E-state index in [-0.39, 0.29) is 17.9 Å². The lowest BCUT2D eigenvalue weighted by atomic mass is 10.1. The third-order valence-electron chi connectivity index (χ3n) is 2.28. The molecule has 0 aliphatic rings. The van der Waals surface area contributed by atoms with E-state index >= 15 is 0 Å². The topological polar surface area (TPSA) is 55.5 Å². The molecule has 1 rings (SSSR count). The van der Waals surface area contributed by atoms with Crippen molar-refractivity contribution in [3.8, 4) is 11.5 Å². The third-order valence-corrected chi connectivity index (χ3v) is 2.28. The zero-order valence-corrected chi connectivity index (χ0v) is 10.2. The van der Waals surface area contributed by atoms with Gasteiger partial charge in [0.05, 0.1) is 6.10 Å². The molecule has 0 amide bonds. The number of rotatable bonds is 5. The van der Waals surface area contributed by atoms with Gasteiger partial charge in [-0.05, 0) is 51.3 Å². The number of benzene rings is 1. The minimum absolute atomic E-state index is 0.0644. The first kappa shape index (κ1) is 12.8.